The van der Waals surface area contributed by atoms with Gasteiger partial charge in [0.25, 0.3) is 0 Å². The van der Waals surface area contributed by atoms with Crippen LogP contribution in [0.3, 0.4) is 0 Å². The minimum Gasteiger partial charge on any atom is -0.355 e. The van der Waals surface area contributed by atoms with Crippen molar-refractivity contribution in [2.45, 2.75) is 65.1 Å². The summed E-state index contributed by atoms with van der Waals surface area (Å²) in [6.45, 7) is 12.1. The van der Waals surface area contributed by atoms with Crippen molar-refractivity contribution < 1.29 is 0 Å². The van der Waals surface area contributed by atoms with Crippen LogP contribution >= 0.6 is 23.2 Å². The van der Waals surface area contributed by atoms with E-state index in [1.165, 1.54) is 25.8 Å². The van der Waals surface area contributed by atoms with E-state index in [1.807, 2.05) is 29.9 Å². The van der Waals surface area contributed by atoms with Crippen molar-refractivity contribution in [2.24, 2.45) is 5.92 Å². The number of aryl methyl sites for hydroxylation is 1. The number of nitrogens with zero attached hydrogens (tertiary/aromatic N) is 6. The Morgan fingerprint density at radius 2 is 1.94 bits per heavy atom. The van der Waals surface area contributed by atoms with Crippen LogP contribution in [0, 0.1) is 12.8 Å². The lowest BCUT2D eigenvalue weighted by molar-refractivity contribution is 0.122. The van der Waals surface area contributed by atoms with Gasteiger partial charge in [0.1, 0.15) is 11.3 Å². The number of fused-ring (bicyclic) bond motifs is 1. The minimum atomic E-state index is -0.0863. The zero-order valence-electron chi connectivity index (χ0n) is 19.8. The smallest absolute Gasteiger partial charge is 0.179 e. The predicted molar refractivity (Wildman–Crippen MR) is 136 cm³/mol. The Kier molecular flexibility index (Phi) is 6.27. The summed E-state index contributed by atoms with van der Waals surface area (Å²) in [5.74, 6) is 1.52. The molecular weight excluding hydrogens is 455 g/mol. The lowest BCUT2D eigenvalue weighted by atomic mass is 9.92. The lowest BCUT2D eigenvalue weighted by Crippen LogP contribution is -2.51. The molecule has 2 aliphatic rings. The summed E-state index contributed by atoms with van der Waals surface area (Å²) in [5.41, 5.74) is 3.47. The van der Waals surface area contributed by atoms with E-state index in [2.05, 4.69) is 30.6 Å². The van der Waals surface area contributed by atoms with Crippen LogP contribution in [-0.2, 0) is 0 Å². The molecule has 1 unspecified atom stereocenters. The van der Waals surface area contributed by atoms with Crippen LogP contribution in [0.25, 0.3) is 11.2 Å². The molecule has 3 aromatic rings. The first-order valence-electron chi connectivity index (χ1n) is 12.0. The minimum absolute atomic E-state index is 0.0863. The molecule has 4 atom stereocenters. The second-order valence-corrected chi connectivity index (χ2v) is 10.6. The second-order valence-electron chi connectivity index (χ2n) is 9.78. The molecule has 0 bridgehead atoms. The van der Waals surface area contributed by atoms with E-state index in [9.17, 15) is 0 Å². The number of rotatable bonds is 4. The first-order valence-corrected chi connectivity index (χ1v) is 12.8. The fraction of sp³-hybridized carbons (Fsp3) is 0.560. The Morgan fingerprint density at radius 3 is 2.64 bits per heavy atom. The summed E-state index contributed by atoms with van der Waals surface area (Å²) >= 11 is 12.6. The molecule has 0 spiro atoms. The summed E-state index contributed by atoms with van der Waals surface area (Å²) in [6.07, 6.45) is 5.73. The first-order chi connectivity index (χ1) is 15.8. The van der Waals surface area contributed by atoms with Crippen LogP contribution in [0.15, 0.2) is 24.4 Å². The second kappa shape index (κ2) is 9.05. The maximum atomic E-state index is 6.51. The van der Waals surface area contributed by atoms with E-state index in [0.717, 1.165) is 41.3 Å². The molecule has 0 N–H and O–H groups in total. The van der Waals surface area contributed by atoms with Crippen molar-refractivity contribution in [3.63, 3.8) is 0 Å². The van der Waals surface area contributed by atoms with Gasteiger partial charge in [-0.3, -0.25) is 4.90 Å². The molecule has 5 rings (SSSR count). The zero-order chi connectivity index (χ0) is 23.3. The Hall–Kier alpha value is -1.89. The van der Waals surface area contributed by atoms with E-state index in [4.69, 9.17) is 38.3 Å². The van der Waals surface area contributed by atoms with Crippen LogP contribution in [0.4, 0.5) is 5.82 Å². The summed E-state index contributed by atoms with van der Waals surface area (Å²) in [7, 11) is 0. The van der Waals surface area contributed by atoms with Gasteiger partial charge in [0.2, 0.25) is 0 Å². The first kappa shape index (κ1) is 22.9. The van der Waals surface area contributed by atoms with E-state index in [-0.39, 0.29) is 6.04 Å². The molecule has 4 heterocycles. The molecule has 0 saturated carbocycles. The molecule has 2 fully saturated rings. The van der Waals surface area contributed by atoms with Crippen molar-refractivity contribution in [1.82, 2.24) is 24.6 Å². The maximum absolute atomic E-state index is 6.51. The molecule has 6 nitrogen and oxygen atoms in total. The highest BCUT2D eigenvalue weighted by atomic mass is 35.5. The van der Waals surface area contributed by atoms with Gasteiger partial charge in [-0.15, -0.1) is 0 Å². The largest absolute Gasteiger partial charge is 0.355 e. The molecule has 33 heavy (non-hydrogen) atoms. The third kappa shape index (κ3) is 4.22. The van der Waals surface area contributed by atoms with Gasteiger partial charge in [0, 0.05) is 35.2 Å². The number of benzene rings is 1. The molecule has 2 saturated heterocycles. The number of halogens is 2. The maximum Gasteiger partial charge on any atom is 0.179 e. The van der Waals surface area contributed by atoms with Crippen molar-refractivity contribution in [3.05, 3.63) is 45.7 Å². The highest BCUT2D eigenvalue weighted by Gasteiger charge is 2.35. The Bertz CT molecular complexity index is 1160. The number of piperidine rings is 1. The SMILES string of the molecule is Cc1nn([C@H](C)c2ccc(Cl)cc2Cl)c2nc(N3CCC(N4CCC[C@H]4C)[C@H](C)C3)cnc12. The third-order valence-corrected chi connectivity index (χ3v) is 8.12. The van der Waals surface area contributed by atoms with Crippen molar-refractivity contribution >= 4 is 40.2 Å². The summed E-state index contributed by atoms with van der Waals surface area (Å²) in [4.78, 5) is 15.0. The van der Waals surface area contributed by atoms with Crippen LogP contribution in [0.5, 0.6) is 0 Å². The Morgan fingerprint density at radius 1 is 1.12 bits per heavy atom. The molecule has 0 radical (unpaired) electrons. The van der Waals surface area contributed by atoms with Gasteiger partial charge in [-0.25, -0.2) is 14.6 Å². The fourth-order valence-corrected chi connectivity index (χ4v) is 6.28. The number of anilines is 1. The molecule has 2 aliphatic heterocycles. The average Bonchev–Trinajstić information content (AvgIpc) is 3.36. The zero-order valence-corrected chi connectivity index (χ0v) is 21.3. The summed E-state index contributed by atoms with van der Waals surface area (Å²) < 4.78 is 1.94. The van der Waals surface area contributed by atoms with Gasteiger partial charge in [0.15, 0.2) is 5.65 Å². The lowest BCUT2D eigenvalue weighted by Gasteiger charge is -2.43. The van der Waals surface area contributed by atoms with Crippen molar-refractivity contribution in [3.8, 4) is 0 Å². The Balaban J connectivity index is 1.43. The summed E-state index contributed by atoms with van der Waals surface area (Å²) in [6, 6.07) is 6.88. The highest BCUT2D eigenvalue weighted by Crippen LogP contribution is 2.33. The topological polar surface area (TPSA) is 50.1 Å². The fourth-order valence-electron chi connectivity index (χ4n) is 5.72. The number of likely N-dealkylation sites (tertiary alicyclic amines) is 1. The quantitative estimate of drug-likeness (QED) is 0.469. The van der Waals surface area contributed by atoms with Gasteiger partial charge in [0.05, 0.1) is 17.9 Å². The van der Waals surface area contributed by atoms with Crippen molar-refractivity contribution in [2.75, 3.05) is 24.5 Å². The molecule has 2 aromatic heterocycles. The van der Waals surface area contributed by atoms with Crippen LogP contribution in [-0.4, -0.2) is 56.4 Å². The van der Waals surface area contributed by atoms with Gasteiger partial charge in [-0.1, -0.05) is 36.2 Å². The van der Waals surface area contributed by atoms with Gasteiger partial charge in [-0.05, 0) is 70.2 Å². The van der Waals surface area contributed by atoms with E-state index in [1.54, 1.807) is 6.07 Å². The van der Waals surface area contributed by atoms with E-state index >= 15 is 0 Å². The molecule has 176 valence electrons. The van der Waals surface area contributed by atoms with E-state index in [0.29, 0.717) is 28.0 Å². The summed E-state index contributed by atoms with van der Waals surface area (Å²) in [5, 5.41) is 6.04. The predicted octanol–water partition coefficient (Wildman–Crippen LogP) is 5.75. The number of aromatic nitrogens is 4. The van der Waals surface area contributed by atoms with Gasteiger partial charge < -0.3 is 4.90 Å². The molecule has 8 heteroatoms. The highest BCUT2D eigenvalue weighted by molar-refractivity contribution is 6.35. The van der Waals surface area contributed by atoms with Gasteiger partial charge >= 0.3 is 0 Å². The number of hydrogen-bond donors (Lipinski definition) is 0. The normalized spacial score (nSPS) is 25.2. The molecule has 0 aliphatic carbocycles. The number of hydrogen-bond acceptors (Lipinski definition) is 5. The van der Waals surface area contributed by atoms with Crippen molar-refractivity contribution in [1.29, 1.82) is 0 Å². The van der Waals surface area contributed by atoms with Gasteiger partial charge in [-0.2, -0.15) is 5.10 Å². The monoisotopic (exact) mass is 486 g/mol. The van der Waals surface area contributed by atoms with Crippen LogP contribution in [0.1, 0.15) is 57.3 Å². The molecule has 0 amide bonds. The average molecular weight is 487 g/mol. The van der Waals surface area contributed by atoms with E-state index < -0.39 is 0 Å². The van der Waals surface area contributed by atoms with Crippen LogP contribution in [0.2, 0.25) is 10.0 Å². The Labute approximate surface area is 205 Å². The standard InChI is InChI=1S/C25H32Cl2N6/c1-15-14-31(11-9-22(15)32-10-5-6-16(32)2)23-13-28-24-17(3)30-33(25(24)29-23)18(4)20-8-7-19(26)12-21(20)27/h7-8,12-13,15-16,18,22H,5-6,9-11,14H2,1-4H3/t15-,16-,18-,22?/m1/s1. The van der Waals surface area contributed by atoms with Crippen LogP contribution < -0.4 is 4.90 Å². The third-order valence-electron chi connectivity index (χ3n) is 7.55. The molecular formula is C25H32Cl2N6. The molecule has 1 aromatic carbocycles.